The van der Waals surface area contributed by atoms with Gasteiger partial charge in [-0.25, -0.2) is 14.6 Å². The molecule has 0 aliphatic carbocycles. The van der Waals surface area contributed by atoms with Gasteiger partial charge in [-0.3, -0.25) is 0 Å². The van der Waals surface area contributed by atoms with Crippen LogP contribution in [0.25, 0.3) is 11.0 Å². The molecule has 21 heavy (non-hydrogen) atoms. The minimum absolute atomic E-state index is 0.755. The van der Waals surface area contributed by atoms with Crippen molar-refractivity contribution in [1.29, 1.82) is 0 Å². The van der Waals surface area contributed by atoms with Crippen molar-refractivity contribution >= 4 is 16.9 Å². The standard InChI is InChI=1S/C15H22N6/c1-12(2)4-5-21-15-13(10-18-21)14(16-11-17-15)20-8-6-19(3)7-9-20/h4,10-11H,5-9H2,1-3H3. The van der Waals surface area contributed by atoms with Crippen molar-refractivity contribution in [3.8, 4) is 0 Å². The summed E-state index contributed by atoms with van der Waals surface area (Å²) < 4.78 is 1.93. The molecule has 112 valence electrons. The van der Waals surface area contributed by atoms with Crippen LogP contribution >= 0.6 is 0 Å². The number of likely N-dealkylation sites (N-methyl/N-ethyl adjacent to an activating group) is 1. The van der Waals surface area contributed by atoms with Gasteiger partial charge < -0.3 is 9.80 Å². The summed E-state index contributed by atoms with van der Waals surface area (Å²) >= 11 is 0. The van der Waals surface area contributed by atoms with Crippen LogP contribution in [0.1, 0.15) is 13.8 Å². The molecule has 0 saturated carbocycles. The zero-order chi connectivity index (χ0) is 14.8. The molecule has 0 bridgehead atoms. The Morgan fingerprint density at radius 2 is 1.95 bits per heavy atom. The van der Waals surface area contributed by atoms with E-state index in [4.69, 9.17) is 0 Å². The van der Waals surface area contributed by atoms with E-state index in [0.29, 0.717) is 0 Å². The van der Waals surface area contributed by atoms with Gasteiger partial charge in [-0.2, -0.15) is 5.10 Å². The summed E-state index contributed by atoms with van der Waals surface area (Å²) in [4.78, 5) is 13.6. The first kappa shape index (κ1) is 14.0. The van der Waals surface area contributed by atoms with Gasteiger partial charge in [-0.15, -0.1) is 0 Å². The van der Waals surface area contributed by atoms with Gasteiger partial charge in [-0.1, -0.05) is 11.6 Å². The molecular weight excluding hydrogens is 264 g/mol. The molecule has 0 N–H and O–H groups in total. The molecule has 0 amide bonds. The minimum Gasteiger partial charge on any atom is -0.353 e. The van der Waals surface area contributed by atoms with Gasteiger partial charge >= 0.3 is 0 Å². The van der Waals surface area contributed by atoms with E-state index in [9.17, 15) is 0 Å². The Labute approximate surface area is 125 Å². The third-order valence-electron chi connectivity index (χ3n) is 3.89. The molecule has 1 fully saturated rings. The van der Waals surface area contributed by atoms with E-state index in [2.05, 4.69) is 51.8 Å². The number of anilines is 1. The van der Waals surface area contributed by atoms with Gasteiger partial charge in [0.1, 0.15) is 12.1 Å². The molecule has 2 aromatic heterocycles. The zero-order valence-electron chi connectivity index (χ0n) is 13.0. The Hall–Kier alpha value is -1.95. The number of fused-ring (bicyclic) bond motifs is 1. The minimum atomic E-state index is 0.755. The lowest BCUT2D eigenvalue weighted by Crippen LogP contribution is -2.44. The predicted molar refractivity (Wildman–Crippen MR) is 84.5 cm³/mol. The number of allylic oxidation sites excluding steroid dienone is 2. The molecule has 0 atom stereocenters. The average Bonchev–Trinajstić information content (AvgIpc) is 2.89. The highest BCUT2D eigenvalue weighted by atomic mass is 15.3. The highest BCUT2D eigenvalue weighted by Crippen LogP contribution is 2.23. The van der Waals surface area contributed by atoms with Crippen molar-refractivity contribution in [2.75, 3.05) is 38.1 Å². The van der Waals surface area contributed by atoms with E-state index in [1.54, 1.807) is 6.33 Å². The third kappa shape index (κ3) is 2.90. The number of hydrogen-bond acceptors (Lipinski definition) is 5. The van der Waals surface area contributed by atoms with E-state index in [1.807, 2.05) is 10.9 Å². The highest BCUT2D eigenvalue weighted by molar-refractivity contribution is 5.86. The molecule has 0 radical (unpaired) electrons. The third-order valence-corrected chi connectivity index (χ3v) is 3.89. The van der Waals surface area contributed by atoms with Crippen molar-refractivity contribution in [2.24, 2.45) is 0 Å². The average molecular weight is 286 g/mol. The van der Waals surface area contributed by atoms with Crippen LogP contribution in [0.2, 0.25) is 0 Å². The highest BCUT2D eigenvalue weighted by Gasteiger charge is 2.19. The second-order valence-electron chi connectivity index (χ2n) is 5.83. The Morgan fingerprint density at radius 1 is 1.19 bits per heavy atom. The lowest BCUT2D eigenvalue weighted by molar-refractivity contribution is 0.312. The molecule has 0 unspecified atom stereocenters. The molecule has 1 aliphatic rings. The molecule has 3 heterocycles. The van der Waals surface area contributed by atoms with Gasteiger partial charge in [0.15, 0.2) is 5.65 Å². The number of rotatable bonds is 3. The van der Waals surface area contributed by atoms with Gasteiger partial charge in [0.25, 0.3) is 0 Å². The van der Waals surface area contributed by atoms with Crippen molar-refractivity contribution in [3.05, 3.63) is 24.2 Å². The lowest BCUT2D eigenvalue weighted by atomic mass is 10.3. The van der Waals surface area contributed by atoms with Gasteiger partial charge in [-0.05, 0) is 20.9 Å². The van der Waals surface area contributed by atoms with E-state index >= 15 is 0 Å². The molecule has 3 rings (SSSR count). The van der Waals surface area contributed by atoms with Crippen LogP contribution in [-0.2, 0) is 6.54 Å². The monoisotopic (exact) mass is 286 g/mol. The second kappa shape index (κ2) is 5.81. The molecule has 0 spiro atoms. The molecule has 1 aliphatic heterocycles. The molecule has 6 heteroatoms. The summed E-state index contributed by atoms with van der Waals surface area (Å²) in [6, 6.07) is 0. The van der Waals surface area contributed by atoms with E-state index < -0.39 is 0 Å². The van der Waals surface area contributed by atoms with Crippen LogP contribution in [0.3, 0.4) is 0 Å². The summed E-state index contributed by atoms with van der Waals surface area (Å²) in [5, 5.41) is 5.52. The van der Waals surface area contributed by atoms with E-state index in [-0.39, 0.29) is 0 Å². The van der Waals surface area contributed by atoms with Crippen LogP contribution in [0.5, 0.6) is 0 Å². The zero-order valence-corrected chi connectivity index (χ0v) is 13.0. The van der Waals surface area contributed by atoms with Crippen LogP contribution in [-0.4, -0.2) is 57.9 Å². The summed E-state index contributed by atoms with van der Waals surface area (Å²) in [5.41, 5.74) is 2.20. The van der Waals surface area contributed by atoms with E-state index in [0.717, 1.165) is 49.6 Å². The Bertz CT molecular complexity index is 647. The number of aromatic nitrogens is 4. The van der Waals surface area contributed by atoms with Crippen LogP contribution in [0.15, 0.2) is 24.2 Å². The molecular formula is C15H22N6. The van der Waals surface area contributed by atoms with Gasteiger partial charge in [0.05, 0.1) is 18.1 Å². The second-order valence-corrected chi connectivity index (χ2v) is 5.83. The van der Waals surface area contributed by atoms with Crippen molar-refractivity contribution < 1.29 is 0 Å². The van der Waals surface area contributed by atoms with Crippen molar-refractivity contribution in [2.45, 2.75) is 20.4 Å². The molecule has 6 nitrogen and oxygen atoms in total. The maximum absolute atomic E-state index is 4.49. The SMILES string of the molecule is CC(C)=CCn1ncc2c(N3CCN(C)CC3)ncnc21. The Morgan fingerprint density at radius 3 is 2.67 bits per heavy atom. The summed E-state index contributed by atoms with van der Waals surface area (Å²) in [6.07, 6.45) is 5.70. The summed E-state index contributed by atoms with van der Waals surface area (Å²) in [6.45, 7) is 9.08. The molecule has 0 aromatic carbocycles. The maximum Gasteiger partial charge on any atom is 0.163 e. The van der Waals surface area contributed by atoms with Crippen LogP contribution < -0.4 is 4.90 Å². The fourth-order valence-electron chi connectivity index (χ4n) is 2.55. The van der Waals surface area contributed by atoms with E-state index in [1.165, 1.54) is 5.57 Å². The molecule has 1 saturated heterocycles. The first-order valence-electron chi connectivity index (χ1n) is 7.38. The normalized spacial score (nSPS) is 16.4. The Kier molecular flexibility index (Phi) is 3.88. The molecule has 2 aromatic rings. The fraction of sp³-hybridized carbons (Fsp3) is 0.533. The van der Waals surface area contributed by atoms with Gasteiger partial charge in [0.2, 0.25) is 0 Å². The Balaban J connectivity index is 1.92. The first-order valence-corrected chi connectivity index (χ1v) is 7.38. The fourth-order valence-corrected chi connectivity index (χ4v) is 2.55. The topological polar surface area (TPSA) is 50.1 Å². The summed E-state index contributed by atoms with van der Waals surface area (Å²) in [5.74, 6) is 1.01. The van der Waals surface area contributed by atoms with Crippen molar-refractivity contribution in [3.63, 3.8) is 0 Å². The van der Waals surface area contributed by atoms with Crippen molar-refractivity contribution in [1.82, 2.24) is 24.6 Å². The smallest absolute Gasteiger partial charge is 0.163 e. The van der Waals surface area contributed by atoms with Crippen LogP contribution in [0, 0.1) is 0 Å². The predicted octanol–water partition coefficient (Wildman–Crippen LogP) is 1.54. The lowest BCUT2D eigenvalue weighted by Gasteiger charge is -2.33. The van der Waals surface area contributed by atoms with Gasteiger partial charge in [0, 0.05) is 26.2 Å². The summed E-state index contributed by atoms with van der Waals surface area (Å²) in [7, 11) is 2.16. The number of piperazine rings is 1. The number of nitrogens with zero attached hydrogens (tertiary/aromatic N) is 6. The maximum atomic E-state index is 4.49. The van der Waals surface area contributed by atoms with Crippen LogP contribution in [0.4, 0.5) is 5.82 Å². The largest absolute Gasteiger partial charge is 0.353 e. The number of hydrogen-bond donors (Lipinski definition) is 0. The quantitative estimate of drug-likeness (QED) is 0.801. The first-order chi connectivity index (χ1) is 10.1.